The average molecular weight is 324 g/mol. The Morgan fingerprint density at radius 1 is 1.12 bits per heavy atom. The maximum Gasteiger partial charge on any atom is 0.229 e. The lowest BCUT2D eigenvalue weighted by Gasteiger charge is -2.31. The van der Waals surface area contributed by atoms with Crippen LogP contribution in [0.25, 0.3) is 5.57 Å². The van der Waals surface area contributed by atoms with E-state index < -0.39 is 0 Å². The van der Waals surface area contributed by atoms with Gasteiger partial charge in [0.2, 0.25) is 11.9 Å². The van der Waals surface area contributed by atoms with Crippen molar-refractivity contribution < 1.29 is 0 Å². The number of nitrogens with zero attached hydrogens (tertiary/aromatic N) is 5. The van der Waals surface area contributed by atoms with Crippen LogP contribution in [0.3, 0.4) is 0 Å². The Balaban J connectivity index is 1.76. The van der Waals surface area contributed by atoms with Gasteiger partial charge in [-0.3, -0.25) is 4.90 Å². The molecule has 1 aliphatic heterocycles. The molecule has 0 fully saturated rings. The summed E-state index contributed by atoms with van der Waals surface area (Å²) in [6.45, 7) is 3.98. The molecule has 6 nitrogen and oxygen atoms in total. The minimum absolute atomic E-state index is 0.0996. The van der Waals surface area contributed by atoms with Gasteiger partial charge >= 0.3 is 0 Å². The normalized spacial score (nSPS) is 16.5. The number of nitrogens with two attached hydrogens (primary N) is 1. The average Bonchev–Trinajstić information content (AvgIpc) is 2.61. The van der Waals surface area contributed by atoms with Gasteiger partial charge in [0.15, 0.2) is 5.82 Å². The highest BCUT2D eigenvalue weighted by atomic mass is 15.3. The van der Waals surface area contributed by atoms with E-state index in [9.17, 15) is 0 Å². The third-order valence-corrected chi connectivity index (χ3v) is 4.36. The van der Waals surface area contributed by atoms with E-state index in [1.807, 2.05) is 19.0 Å². The van der Waals surface area contributed by atoms with E-state index in [0.717, 1.165) is 25.3 Å². The summed E-state index contributed by atoms with van der Waals surface area (Å²) in [5.74, 6) is 1.60. The number of benzene rings is 1. The Labute approximate surface area is 143 Å². The van der Waals surface area contributed by atoms with Gasteiger partial charge in [-0.1, -0.05) is 36.4 Å². The molecule has 0 saturated carbocycles. The van der Waals surface area contributed by atoms with Crippen molar-refractivity contribution in [2.75, 3.05) is 37.8 Å². The Bertz CT molecular complexity index is 726. The summed E-state index contributed by atoms with van der Waals surface area (Å²) in [6, 6.07) is 10.7. The van der Waals surface area contributed by atoms with Crippen molar-refractivity contribution in [3.05, 3.63) is 47.8 Å². The van der Waals surface area contributed by atoms with Crippen LogP contribution in [0.4, 0.5) is 11.9 Å². The second-order valence-electron chi connectivity index (χ2n) is 6.26. The minimum atomic E-state index is 0.0996. The molecule has 0 spiro atoms. The quantitative estimate of drug-likeness (QED) is 0.931. The highest BCUT2D eigenvalue weighted by Crippen LogP contribution is 2.27. The van der Waals surface area contributed by atoms with Gasteiger partial charge in [0.25, 0.3) is 0 Å². The Kier molecular flexibility index (Phi) is 4.76. The van der Waals surface area contributed by atoms with Crippen molar-refractivity contribution in [1.82, 2.24) is 19.9 Å². The van der Waals surface area contributed by atoms with Crippen molar-refractivity contribution in [3.63, 3.8) is 0 Å². The molecular weight excluding hydrogens is 300 g/mol. The van der Waals surface area contributed by atoms with Crippen molar-refractivity contribution in [1.29, 1.82) is 0 Å². The SMILES string of the molecule is CC(c1nc(N)nc(N(C)C)n1)N1CC=C(c2ccccc2)CC1. The molecule has 6 heteroatoms. The largest absolute Gasteiger partial charge is 0.368 e. The van der Waals surface area contributed by atoms with Crippen LogP contribution in [0.1, 0.15) is 30.8 Å². The molecule has 2 heterocycles. The summed E-state index contributed by atoms with van der Waals surface area (Å²) in [5.41, 5.74) is 8.56. The molecule has 1 aromatic heterocycles. The number of rotatable bonds is 4. The highest BCUT2D eigenvalue weighted by molar-refractivity contribution is 5.66. The van der Waals surface area contributed by atoms with Crippen molar-refractivity contribution in [2.45, 2.75) is 19.4 Å². The summed E-state index contributed by atoms with van der Waals surface area (Å²) in [5, 5.41) is 0. The fourth-order valence-electron chi connectivity index (χ4n) is 2.90. The highest BCUT2D eigenvalue weighted by Gasteiger charge is 2.22. The molecule has 24 heavy (non-hydrogen) atoms. The Hall–Kier alpha value is -2.47. The summed E-state index contributed by atoms with van der Waals surface area (Å²) < 4.78 is 0. The molecule has 0 radical (unpaired) electrons. The zero-order chi connectivity index (χ0) is 17.1. The van der Waals surface area contributed by atoms with Crippen LogP contribution in [-0.4, -0.2) is 47.0 Å². The van der Waals surface area contributed by atoms with Gasteiger partial charge < -0.3 is 10.6 Å². The van der Waals surface area contributed by atoms with Crippen LogP contribution in [0.15, 0.2) is 36.4 Å². The van der Waals surface area contributed by atoms with Crippen LogP contribution < -0.4 is 10.6 Å². The molecule has 1 aromatic carbocycles. The smallest absolute Gasteiger partial charge is 0.229 e. The molecule has 2 aromatic rings. The van der Waals surface area contributed by atoms with Crippen LogP contribution in [0.2, 0.25) is 0 Å². The molecular formula is C18H24N6. The minimum Gasteiger partial charge on any atom is -0.368 e. The van der Waals surface area contributed by atoms with Crippen molar-refractivity contribution >= 4 is 17.5 Å². The van der Waals surface area contributed by atoms with E-state index in [1.54, 1.807) is 0 Å². The standard InChI is InChI=1S/C18H24N6/c1-13(16-20-17(19)22-18(21-16)23(2)3)24-11-9-15(10-12-24)14-7-5-4-6-8-14/h4-9,13H,10-12H2,1-3H3,(H2,19,20,21,22). The first-order valence-electron chi connectivity index (χ1n) is 8.22. The predicted octanol–water partition coefficient (Wildman–Crippen LogP) is 2.37. The maximum absolute atomic E-state index is 5.84. The maximum atomic E-state index is 5.84. The number of hydrogen-bond donors (Lipinski definition) is 1. The fourth-order valence-corrected chi connectivity index (χ4v) is 2.90. The Morgan fingerprint density at radius 2 is 1.88 bits per heavy atom. The summed E-state index contributed by atoms with van der Waals surface area (Å²) in [7, 11) is 3.80. The third kappa shape index (κ3) is 3.54. The molecule has 0 saturated heterocycles. The number of hydrogen-bond acceptors (Lipinski definition) is 6. The topological polar surface area (TPSA) is 71.2 Å². The molecule has 1 aliphatic rings. The van der Waals surface area contributed by atoms with E-state index >= 15 is 0 Å². The molecule has 0 amide bonds. The Morgan fingerprint density at radius 3 is 2.50 bits per heavy atom. The molecule has 1 unspecified atom stereocenters. The number of aromatic nitrogens is 3. The van der Waals surface area contributed by atoms with E-state index in [1.165, 1.54) is 11.1 Å². The zero-order valence-corrected chi connectivity index (χ0v) is 14.5. The lowest BCUT2D eigenvalue weighted by atomic mass is 9.99. The summed E-state index contributed by atoms with van der Waals surface area (Å²) in [6.07, 6.45) is 3.32. The fraction of sp³-hybridized carbons (Fsp3) is 0.389. The molecule has 1 atom stereocenters. The van der Waals surface area contributed by atoms with Crippen LogP contribution in [0, 0.1) is 0 Å². The first kappa shape index (κ1) is 16.4. The van der Waals surface area contributed by atoms with Gasteiger partial charge in [0, 0.05) is 27.2 Å². The third-order valence-electron chi connectivity index (χ3n) is 4.36. The molecule has 0 aliphatic carbocycles. The van der Waals surface area contributed by atoms with E-state index in [0.29, 0.717) is 5.95 Å². The molecule has 3 rings (SSSR count). The summed E-state index contributed by atoms with van der Waals surface area (Å²) in [4.78, 5) is 17.3. The van der Waals surface area contributed by atoms with E-state index in [2.05, 4.69) is 63.2 Å². The second kappa shape index (κ2) is 6.97. The van der Waals surface area contributed by atoms with Gasteiger partial charge in [-0.05, 0) is 24.5 Å². The lowest BCUT2D eigenvalue weighted by molar-refractivity contribution is 0.225. The van der Waals surface area contributed by atoms with Crippen molar-refractivity contribution in [2.24, 2.45) is 0 Å². The van der Waals surface area contributed by atoms with Crippen molar-refractivity contribution in [3.8, 4) is 0 Å². The lowest BCUT2D eigenvalue weighted by Crippen LogP contribution is -2.32. The van der Waals surface area contributed by atoms with Crippen LogP contribution in [-0.2, 0) is 0 Å². The van der Waals surface area contributed by atoms with Gasteiger partial charge in [-0.2, -0.15) is 15.0 Å². The second-order valence-corrected chi connectivity index (χ2v) is 6.26. The monoisotopic (exact) mass is 324 g/mol. The summed E-state index contributed by atoms with van der Waals surface area (Å²) >= 11 is 0. The molecule has 0 bridgehead atoms. The van der Waals surface area contributed by atoms with Gasteiger partial charge in [-0.25, -0.2) is 0 Å². The first-order valence-corrected chi connectivity index (χ1v) is 8.22. The van der Waals surface area contributed by atoms with Gasteiger partial charge in [-0.15, -0.1) is 0 Å². The number of nitrogen functional groups attached to an aromatic ring is 1. The molecule has 126 valence electrons. The van der Waals surface area contributed by atoms with E-state index in [-0.39, 0.29) is 12.0 Å². The van der Waals surface area contributed by atoms with Gasteiger partial charge in [0.05, 0.1) is 6.04 Å². The first-order chi connectivity index (χ1) is 11.5. The van der Waals surface area contributed by atoms with Gasteiger partial charge in [0.1, 0.15) is 0 Å². The van der Waals surface area contributed by atoms with E-state index in [4.69, 9.17) is 5.73 Å². The van der Waals surface area contributed by atoms with Crippen LogP contribution >= 0.6 is 0 Å². The molecule has 2 N–H and O–H groups in total. The van der Waals surface area contributed by atoms with Crippen LogP contribution in [0.5, 0.6) is 0 Å². The number of anilines is 2. The predicted molar refractivity (Wildman–Crippen MR) is 97.6 cm³/mol. The zero-order valence-electron chi connectivity index (χ0n) is 14.5.